The largest absolute Gasteiger partial charge is 0.481 e. The highest BCUT2D eigenvalue weighted by atomic mass is 16.4. The van der Waals surface area contributed by atoms with Crippen molar-refractivity contribution in [3.63, 3.8) is 0 Å². The number of carbonyl (C=O) groups excluding carboxylic acids is 1. The van der Waals surface area contributed by atoms with Crippen molar-refractivity contribution >= 4 is 11.9 Å². The van der Waals surface area contributed by atoms with E-state index in [-0.39, 0.29) is 11.8 Å². The van der Waals surface area contributed by atoms with Crippen LogP contribution in [0.1, 0.15) is 66.9 Å². The number of carboxylic acids is 1. The maximum absolute atomic E-state index is 12.9. The number of hydrogen-bond acceptors (Lipinski definition) is 3. The second-order valence-electron chi connectivity index (χ2n) is 6.84. The Morgan fingerprint density at radius 3 is 2.39 bits per heavy atom. The number of piperidine rings is 1. The molecule has 3 rings (SSSR count). The highest BCUT2D eigenvalue weighted by Crippen LogP contribution is 2.34. The Balaban J connectivity index is 1.73. The summed E-state index contributed by atoms with van der Waals surface area (Å²) in [6.07, 6.45) is 8.82. The van der Waals surface area contributed by atoms with Gasteiger partial charge in [0.2, 0.25) is 0 Å². The highest BCUT2D eigenvalue weighted by Gasteiger charge is 2.31. The first-order chi connectivity index (χ1) is 11.1. The van der Waals surface area contributed by atoms with Gasteiger partial charge in [-0.3, -0.25) is 14.3 Å². The second kappa shape index (κ2) is 6.72. The SMILES string of the molecule is Cn1cc(C(=O)N2CCC(C(=O)O)CC2)c(C2CCCCC2)n1. The minimum atomic E-state index is -0.749. The fourth-order valence-electron chi connectivity index (χ4n) is 3.85. The third-order valence-electron chi connectivity index (χ3n) is 5.21. The molecule has 1 aliphatic heterocycles. The molecule has 1 amide bonds. The first-order valence-corrected chi connectivity index (χ1v) is 8.62. The van der Waals surface area contributed by atoms with Gasteiger partial charge in [0.25, 0.3) is 5.91 Å². The molecule has 0 aromatic carbocycles. The Kier molecular flexibility index (Phi) is 4.68. The number of amides is 1. The third-order valence-corrected chi connectivity index (χ3v) is 5.21. The summed E-state index contributed by atoms with van der Waals surface area (Å²) in [7, 11) is 1.86. The molecule has 1 saturated carbocycles. The Labute approximate surface area is 136 Å². The maximum atomic E-state index is 12.9. The summed E-state index contributed by atoms with van der Waals surface area (Å²) in [5.41, 5.74) is 1.66. The van der Waals surface area contributed by atoms with Gasteiger partial charge in [0.15, 0.2) is 0 Å². The summed E-state index contributed by atoms with van der Waals surface area (Å²) in [5.74, 6) is -0.657. The van der Waals surface area contributed by atoms with Crippen molar-refractivity contribution in [2.24, 2.45) is 13.0 Å². The molecule has 126 valence electrons. The van der Waals surface area contributed by atoms with E-state index < -0.39 is 5.97 Å². The normalized spacial score (nSPS) is 20.7. The lowest BCUT2D eigenvalue weighted by molar-refractivity contribution is -0.143. The average Bonchev–Trinajstić information content (AvgIpc) is 2.97. The molecule has 6 nitrogen and oxygen atoms in total. The summed E-state index contributed by atoms with van der Waals surface area (Å²) in [5, 5.41) is 13.6. The number of hydrogen-bond donors (Lipinski definition) is 1. The second-order valence-corrected chi connectivity index (χ2v) is 6.84. The fraction of sp³-hybridized carbons (Fsp3) is 0.706. The van der Waals surface area contributed by atoms with Gasteiger partial charge in [-0.2, -0.15) is 5.10 Å². The van der Waals surface area contributed by atoms with Crippen LogP contribution in [-0.2, 0) is 11.8 Å². The van der Waals surface area contributed by atoms with Crippen LogP contribution in [0, 0.1) is 5.92 Å². The van der Waals surface area contributed by atoms with Gasteiger partial charge in [0.1, 0.15) is 0 Å². The zero-order valence-corrected chi connectivity index (χ0v) is 13.7. The van der Waals surface area contributed by atoms with Crippen molar-refractivity contribution in [3.05, 3.63) is 17.5 Å². The molecule has 0 bridgehead atoms. The fourth-order valence-corrected chi connectivity index (χ4v) is 3.85. The van der Waals surface area contributed by atoms with Crippen LogP contribution in [0.2, 0.25) is 0 Å². The van der Waals surface area contributed by atoms with Gasteiger partial charge in [-0.1, -0.05) is 19.3 Å². The van der Waals surface area contributed by atoms with E-state index in [0.717, 1.165) is 18.5 Å². The van der Waals surface area contributed by atoms with Crippen molar-refractivity contribution in [1.82, 2.24) is 14.7 Å². The third kappa shape index (κ3) is 3.41. The molecule has 1 N–H and O–H groups in total. The van der Waals surface area contributed by atoms with E-state index in [1.165, 1.54) is 19.3 Å². The molecular weight excluding hydrogens is 294 g/mol. The van der Waals surface area contributed by atoms with Crippen molar-refractivity contribution < 1.29 is 14.7 Å². The summed E-state index contributed by atoms with van der Waals surface area (Å²) >= 11 is 0. The van der Waals surface area contributed by atoms with E-state index in [1.807, 2.05) is 13.2 Å². The Bertz CT molecular complexity index is 582. The molecule has 0 spiro atoms. The van der Waals surface area contributed by atoms with Crippen LogP contribution in [0.15, 0.2) is 6.20 Å². The number of aryl methyl sites for hydroxylation is 1. The Hall–Kier alpha value is -1.85. The summed E-state index contributed by atoms with van der Waals surface area (Å²) < 4.78 is 1.74. The smallest absolute Gasteiger partial charge is 0.306 e. The monoisotopic (exact) mass is 319 g/mol. The van der Waals surface area contributed by atoms with Crippen LogP contribution in [0.5, 0.6) is 0 Å². The van der Waals surface area contributed by atoms with Crippen molar-refractivity contribution in [2.75, 3.05) is 13.1 Å². The lowest BCUT2D eigenvalue weighted by Crippen LogP contribution is -2.40. The average molecular weight is 319 g/mol. The topological polar surface area (TPSA) is 75.4 Å². The molecule has 23 heavy (non-hydrogen) atoms. The number of aromatic nitrogens is 2. The molecule has 1 aromatic heterocycles. The van der Waals surface area contributed by atoms with Crippen LogP contribution in [0.25, 0.3) is 0 Å². The van der Waals surface area contributed by atoms with E-state index in [0.29, 0.717) is 37.4 Å². The molecule has 1 aromatic rings. The van der Waals surface area contributed by atoms with E-state index in [1.54, 1.807) is 9.58 Å². The van der Waals surface area contributed by atoms with E-state index in [2.05, 4.69) is 5.10 Å². The zero-order chi connectivity index (χ0) is 16.4. The van der Waals surface area contributed by atoms with E-state index in [9.17, 15) is 9.59 Å². The first kappa shape index (κ1) is 16.0. The molecule has 2 heterocycles. The zero-order valence-electron chi connectivity index (χ0n) is 13.7. The maximum Gasteiger partial charge on any atom is 0.306 e. The number of carboxylic acid groups (broad SMARTS) is 1. The van der Waals surface area contributed by atoms with Crippen LogP contribution in [0.4, 0.5) is 0 Å². The minimum Gasteiger partial charge on any atom is -0.481 e. The van der Waals surface area contributed by atoms with Crippen LogP contribution >= 0.6 is 0 Å². The van der Waals surface area contributed by atoms with Gasteiger partial charge >= 0.3 is 5.97 Å². The summed E-state index contributed by atoms with van der Waals surface area (Å²) in [4.78, 5) is 25.7. The lowest BCUT2D eigenvalue weighted by atomic mass is 9.85. The number of carbonyl (C=O) groups is 2. The van der Waals surface area contributed by atoms with Crippen LogP contribution < -0.4 is 0 Å². The number of aliphatic carboxylic acids is 1. The summed E-state index contributed by atoms with van der Waals surface area (Å²) in [6, 6.07) is 0. The Morgan fingerprint density at radius 2 is 1.78 bits per heavy atom. The van der Waals surface area contributed by atoms with Crippen LogP contribution in [0.3, 0.4) is 0 Å². The highest BCUT2D eigenvalue weighted by molar-refractivity contribution is 5.95. The standard InChI is InChI=1S/C17H25N3O3/c1-19-11-14(15(18-19)12-5-3-2-4-6-12)16(21)20-9-7-13(8-10-20)17(22)23/h11-13H,2-10H2,1H3,(H,22,23). The molecule has 6 heteroatoms. The van der Waals surface area contributed by atoms with Crippen LogP contribution in [-0.4, -0.2) is 44.8 Å². The van der Waals surface area contributed by atoms with Crippen molar-refractivity contribution in [2.45, 2.75) is 50.9 Å². The van der Waals surface area contributed by atoms with Gasteiger partial charge in [-0.05, 0) is 25.7 Å². The van der Waals surface area contributed by atoms with E-state index in [4.69, 9.17) is 5.11 Å². The molecule has 0 radical (unpaired) electrons. The number of rotatable bonds is 3. The van der Waals surface area contributed by atoms with Gasteiger partial charge in [-0.25, -0.2) is 0 Å². The number of nitrogens with zero attached hydrogens (tertiary/aromatic N) is 3. The molecule has 2 fully saturated rings. The van der Waals surface area contributed by atoms with Gasteiger partial charge in [0.05, 0.1) is 17.2 Å². The first-order valence-electron chi connectivity index (χ1n) is 8.62. The summed E-state index contributed by atoms with van der Waals surface area (Å²) in [6.45, 7) is 1.05. The van der Waals surface area contributed by atoms with Gasteiger partial charge in [0, 0.05) is 32.3 Å². The van der Waals surface area contributed by atoms with Gasteiger partial charge in [-0.15, -0.1) is 0 Å². The van der Waals surface area contributed by atoms with Gasteiger partial charge < -0.3 is 10.0 Å². The van der Waals surface area contributed by atoms with Crippen molar-refractivity contribution in [3.8, 4) is 0 Å². The number of likely N-dealkylation sites (tertiary alicyclic amines) is 1. The minimum absolute atomic E-state index is 0.0162. The molecule has 2 aliphatic rings. The van der Waals surface area contributed by atoms with E-state index >= 15 is 0 Å². The molecular formula is C17H25N3O3. The quantitative estimate of drug-likeness (QED) is 0.928. The van der Waals surface area contributed by atoms with Crippen molar-refractivity contribution in [1.29, 1.82) is 0 Å². The predicted octanol–water partition coefficient (Wildman–Crippen LogP) is 2.40. The molecule has 1 saturated heterocycles. The molecule has 0 atom stereocenters. The Morgan fingerprint density at radius 1 is 1.13 bits per heavy atom. The molecule has 1 aliphatic carbocycles. The predicted molar refractivity (Wildman–Crippen MR) is 85.3 cm³/mol. The lowest BCUT2D eigenvalue weighted by Gasteiger charge is -2.30. The molecule has 0 unspecified atom stereocenters.